The van der Waals surface area contributed by atoms with E-state index in [1.807, 2.05) is 0 Å². The van der Waals surface area contributed by atoms with Crippen molar-refractivity contribution in [1.29, 1.82) is 0 Å². The van der Waals surface area contributed by atoms with Crippen LogP contribution in [0.25, 0.3) is 0 Å². The molecule has 0 radical (unpaired) electrons. The number of hydrogen-bond acceptors (Lipinski definition) is 2. The van der Waals surface area contributed by atoms with Crippen molar-refractivity contribution in [2.45, 2.75) is 12.8 Å². The van der Waals surface area contributed by atoms with E-state index in [9.17, 15) is 14.3 Å². The summed E-state index contributed by atoms with van der Waals surface area (Å²) in [5.74, 6) is -1.34. The molecule has 2 N–H and O–H groups in total. The quantitative estimate of drug-likeness (QED) is 0.872. The van der Waals surface area contributed by atoms with Gasteiger partial charge in [0.05, 0.1) is 10.4 Å². The molecule has 0 spiro atoms. The van der Waals surface area contributed by atoms with Crippen LogP contribution >= 0.6 is 11.6 Å². The Hall–Kier alpha value is -1.13. The molecule has 3 nitrogen and oxygen atoms in total. The fourth-order valence-corrected chi connectivity index (χ4v) is 2.31. The Kier molecular flexibility index (Phi) is 3.35. The first-order chi connectivity index (χ1) is 8.03. The molecule has 0 saturated carbocycles. The summed E-state index contributed by atoms with van der Waals surface area (Å²) >= 11 is 5.59. The highest BCUT2D eigenvalue weighted by molar-refractivity contribution is 6.30. The summed E-state index contributed by atoms with van der Waals surface area (Å²) in [5.41, 5.74) is -0.154. The number of halogens is 2. The van der Waals surface area contributed by atoms with Crippen LogP contribution in [0.2, 0.25) is 5.02 Å². The van der Waals surface area contributed by atoms with Crippen molar-refractivity contribution in [3.05, 3.63) is 34.6 Å². The van der Waals surface area contributed by atoms with E-state index in [1.54, 1.807) is 6.07 Å². The van der Waals surface area contributed by atoms with E-state index in [0.717, 1.165) is 0 Å². The third-order valence-corrected chi connectivity index (χ3v) is 3.53. The van der Waals surface area contributed by atoms with Gasteiger partial charge in [-0.2, -0.15) is 0 Å². The standard InChI is InChI=1S/C12H13ClFNO2/c13-9-2-1-8(5-10(9)14)6-12(11(16)17)3-4-15-7-12/h1-2,5,15H,3-4,6-7H2,(H,16,17). The summed E-state index contributed by atoms with van der Waals surface area (Å²) < 4.78 is 13.3. The topological polar surface area (TPSA) is 49.3 Å². The van der Waals surface area contributed by atoms with Gasteiger partial charge >= 0.3 is 5.97 Å². The minimum Gasteiger partial charge on any atom is -0.481 e. The van der Waals surface area contributed by atoms with Gasteiger partial charge in [0.15, 0.2) is 0 Å². The SMILES string of the molecule is O=C(O)C1(Cc2ccc(Cl)c(F)c2)CCNC1. The van der Waals surface area contributed by atoms with Crippen LogP contribution in [0.4, 0.5) is 4.39 Å². The number of carbonyl (C=O) groups is 1. The van der Waals surface area contributed by atoms with Crippen LogP contribution in [0.3, 0.4) is 0 Å². The summed E-state index contributed by atoms with van der Waals surface area (Å²) in [6.45, 7) is 1.11. The lowest BCUT2D eigenvalue weighted by Crippen LogP contribution is -2.35. The lowest BCUT2D eigenvalue weighted by Gasteiger charge is -2.22. The van der Waals surface area contributed by atoms with Gasteiger partial charge in [-0.25, -0.2) is 4.39 Å². The third kappa shape index (κ3) is 2.42. The van der Waals surface area contributed by atoms with E-state index in [4.69, 9.17) is 11.6 Å². The molecule has 1 saturated heterocycles. The minimum absolute atomic E-state index is 0.0580. The molecule has 2 rings (SSSR count). The molecule has 1 aromatic carbocycles. The molecule has 92 valence electrons. The maximum absolute atomic E-state index is 13.3. The molecule has 5 heteroatoms. The first-order valence-corrected chi connectivity index (χ1v) is 5.79. The maximum atomic E-state index is 13.3. The Morgan fingerprint density at radius 2 is 2.35 bits per heavy atom. The minimum atomic E-state index is -0.835. The monoisotopic (exact) mass is 257 g/mol. The van der Waals surface area contributed by atoms with Gasteiger partial charge in [-0.1, -0.05) is 17.7 Å². The van der Waals surface area contributed by atoms with Crippen molar-refractivity contribution in [1.82, 2.24) is 5.32 Å². The molecule has 1 heterocycles. The Balaban J connectivity index is 2.23. The van der Waals surface area contributed by atoms with Crippen molar-refractivity contribution in [2.75, 3.05) is 13.1 Å². The molecule has 1 aliphatic rings. The van der Waals surface area contributed by atoms with Crippen LogP contribution in [0.5, 0.6) is 0 Å². The van der Waals surface area contributed by atoms with Gasteiger partial charge in [0.25, 0.3) is 0 Å². The van der Waals surface area contributed by atoms with E-state index in [0.29, 0.717) is 31.5 Å². The molecular formula is C12H13ClFNO2. The van der Waals surface area contributed by atoms with Crippen LogP contribution in [0, 0.1) is 11.2 Å². The highest BCUT2D eigenvalue weighted by Crippen LogP contribution is 2.31. The molecule has 1 atom stereocenters. The predicted molar refractivity (Wildman–Crippen MR) is 62.7 cm³/mol. The van der Waals surface area contributed by atoms with E-state index in [1.165, 1.54) is 12.1 Å². The second-order valence-corrected chi connectivity index (χ2v) is 4.84. The second kappa shape index (κ2) is 4.63. The zero-order chi connectivity index (χ0) is 12.5. The maximum Gasteiger partial charge on any atom is 0.311 e. The first kappa shape index (κ1) is 12.3. The second-order valence-electron chi connectivity index (χ2n) is 4.44. The number of benzene rings is 1. The van der Waals surface area contributed by atoms with Gasteiger partial charge in [0, 0.05) is 6.54 Å². The fraction of sp³-hybridized carbons (Fsp3) is 0.417. The van der Waals surface area contributed by atoms with E-state index < -0.39 is 17.2 Å². The van der Waals surface area contributed by atoms with Gasteiger partial charge in [-0.3, -0.25) is 4.79 Å². The van der Waals surface area contributed by atoms with Crippen molar-refractivity contribution in [3.63, 3.8) is 0 Å². The summed E-state index contributed by atoms with van der Waals surface area (Å²) in [5, 5.41) is 12.4. The highest BCUT2D eigenvalue weighted by atomic mass is 35.5. The van der Waals surface area contributed by atoms with Crippen LogP contribution in [0.1, 0.15) is 12.0 Å². The Labute approximate surface area is 104 Å². The first-order valence-electron chi connectivity index (χ1n) is 5.42. The smallest absolute Gasteiger partial charge is 0.311 e. The molecule has 1 fully saturated rings. The lowest BCUT2D eigenvalue weighted by atomic mass is 9.81. The molecule has 1 aromatic rings. The van der Waals surface area contributed by atoms with Crippen molar-refractivity contribution < 1.29 is 14.3 Å². The molecule has 1 aliphatic heterocycles. The molecule has 17 heavy (non-hydrogen) atoms. The lowest BCUT2D eigenvalue weighted by molar-refractivity contribution is -0.147. The zero-order valence-electron chi connectivity index (χ0n) is 9.17. The number of hydrogen-bond donors (Lipinski definition) is 2. The van der Waals surface area contributed by atoms with Gasteiger partial charge < -0.3 is 10.4 Å². The van der Waals surface area contributed by atoms with Crippen LogP contribution in [0.15, 0.2) is 18.2 Å². The number of rotatable bonds is 3. The summed E-state index contributed by atoms with van der Waals surface area (Å²) in [6, 6.07) is 4.45. The largest absolute Gasteiger partial charge is 0.481 e. The zero-order valence-corrected chi connectivity index (χ0v) is 9.93. The van der Waals surface area contributed by atoms with Crippen LogP contribution in [-0.2, 0) is 11.2 Å². The normalized spacial score (nSPS) is 23.9. The van der Waals surface area contributed by atoms with Crippen molar-refractivity contribution in [3.8, 4) is 0 Å². The summed E-state index contributed by atoms with van der Waals surface area (Å²) in [4.78, 5) is 11.3. The molecule has 1 unspecified atom stereocenters. The molecule has 0 amide bonds. The average Bonchev–Trinajstić information content (AvgIpc) is 2.73. The van der Waals surface area contributed by atoms with Crippen molar-refractivity contribution >= 4 is 17.6 Å². The third-order valence-electron chi connectivity index (χ3n) is 3.22. The van der Waals surface area contributed by atoms with E-state index in [-0.39, 0.29) is 5.02 Å². The van der Waals surface area contributed by atoms with Gasteiger partial charge in [-0.05, 0) is 37.1 Å². The number of aliphatic carboxylic acids is 1. The van der Waals surface area contributed by atoms with Crippen LogP contribution < -0.4 is 5.32 Å². The van der Waals surface area contributed by atoms with Gasteiger partial charge in [0.1, 0.15) is 5.82 Å². The van der Waals surface area contributed by atoms with E-state index in [2.05, 4.69) is 5.32 Å². The molecule has 0 aliphatic carbocycles. The van der Waals surface area contributed by atoms with Gasteiger partial charge in [-0.15, -0.1) is 0 Å². The summed E-state index contributed by atoms with van der Waals surface area (Å²) in [6.07, 6.45) is 0.885. The number of nitrogens with one attached hydrogen (secondary N) is 1. The van der Waals surface area contributed by atoms with Crippen LogP contribution in [-0.4, -0.2) is 24.2 Å². The predicted octanol–water partition coefficient (Wildman–Crippen LogP) is 2.09. The fourth-order valence-electron chi connectivity index (χ4n) is 2.19. The number of carboxylic acid groups (broad SMARTS) is 1. The average molecular weight is 258 g/mol. The molecule has 0 aromatic heterocycles. The Morgan fingerprint density at radius 1 is 1.59 bits per heavy atom. The van der Waals surface area contributed by atoms with Crippen molar-refractivity contribution in [2.24, 2.45) is 5.41 Å². The van der Waals surface area contributed by atoms with Gasteiger partial charge in [0.2, 0.25) is 0 Å². The molecule has 0 bridgehead atoms. The molecular weight excluding hydrogens is 245 g/mol. The van der Waals surface area contributed by atoms with E-state index >= 15 is 0 Å². The Bertz CT molecular complexity index is 444. The highest BCUT2D eigenvalue weighted by Gasteiger charge is 2.41. The summed E-state index contributed by atoms with van der Waals surface area (Å²) in [7, 11) is 0. The Morgan fingerprint density at radius 3 is 2.88 bits per heavy atom. The number of carboxylic acids is 1.